The number of benzene rings is 1. The molecule has 2 aliphatic rings. The summed E-state index contributed by atoms with van der Waals surface area (Å²) in [6, 6.07) is 9.49. The Morgan fingerprint density at radius 2 is 1.87 bits per heavy atom. The van der Waals surface area contributed by atoms with E-state index in [0.29, 0.717) is 36.1 Å². The quantitative estimate of drug-likeness (QED) is 0.277. The fraction of sp³-hybridized carbons (Fsp3) is 0.381. The van der Waals surface area contributed by atoms with Gasteiger partial charge < -0.3 is 20.4 Å². The Bertz CT molecular complexity index is 966. The highest BCUT2D eigenvalue weighted by Gasteiger charge is 2.25. The standard InChI is InChI=1S/C21H25N7O2/c1-23-26-19(25-22)15-5-7-17(8-6-15)28-11-12-30-18-13-16(14-24-20(18)28)21(29)27-9-3-2-4-10-27/h5-8,13-14H,2-4,9-12,22H2,1H3. The molecule has 2 aliphatic heterocycles. The van der Waals surface area contributed by atoms with Crippen LogP contribution in [-0.4, -0.2) is 54.9 Å². The minimum Gasteiger partial charge on any atom is -0.488 e. The molecular formula is C21H25N7O2. The largest absolute Gasteiger partial charge is 0.488 e. The predicted octanol–water partition coefficient (Wildman–Crippen LogP) is 2.94. The van der Waals surface area contributed by atoms with Crippen molar-refractivity contribution >= 4 is 23.2 Å². The normalized spacial score (nSPS) is 17.0. The number of aromatic nitrogens is 1. The van der Waals surface area contributed by atoms with Gasteiger partial charge in [-0.3, -0.25) is 4.79 Å². The number of azo groups is 1. The number of piperidine rings is 1. The van der Waals surface area contributed by atoms with Crippen LogP contribution in [0.25, 0.3) is 0 Å². The number of anilines is 2. The first kappa shape index (κ1) is 19.8. The average Bonchev–Trinajstić information content (AvgIpc) is 2.82. The van der Waals surface area contributed by atoms with Gasteiger partial charge in [-0.15, -0.1) is 5.11 Å². The molecule has 4 rings (SSSR count). The van der Waals surface area contributed by atoms with Crippen LogP contribution < -0.4 is 15.5 Å². The van der Waals surface area contributed by atoms with Gasteiger partial charge in [0, 0.05) is 37.6 Å². The molecule has 1 aromatic carbocycles. The molecule has 30 heavy (non-hydrogen) atoms. The van der Waals surface area contributed by atoms with Crippen LogP contribution in [0.4, 0.5) is 11.5 Å². The molecule has 1 aromatic heterocycles. The third-order valence-electron chi connectivity index (χ3n) is 5.31. The number of ether oxygens (including phenoxy) is 1. The maximum absolute atomic E-state index is 12.8. The van der Waals surface area contributed by atoms with E-state index in [4.69, 9.17) is 10.6 Å². The van der Waals surface area contributed by atoms with E-state index in [-0.39, 0.29) is 5.91 Å². The third-order valence-corrected chi connectivity index (χ3v) is 5.31. The van der Waals surface area contributed by atoms with Crippen LogP contribution in [0.5, 0.6) is 5.75 Å². The van der Waals surface area contributed by atoms with Gasteiger partial charge in [-0.25, -0.2) is 4.98 Å². The number of pyridine rings is 1. The molecule has 1 saturated heterocycles. The van der Waals surface area contributed by atoms with Crippen molar-refractivity contribution in [2.24, 2.45) is 21.2 Å². The first-order valence-electron chi connectivity index (χ1n) is 10.1. The number of rotatable bonds is 3. The van der Waals surface area contributed by atoms with E-state index in [1.54, 1.807) is 19.3 Å². The summed E-state index contributed by atoms with van der Waals surface area (Å²) in [5, 5.41) is 11.3. The number of amidine groups is 1. The number of likely N-dealkylation sites (tertiary alicyclic amines) is 1. The summed E-state index contributed by atoms with van der Waals surface area (Å²) in [6.45, 7) is 2.78. The Labute approximate surface area is 175 Å². The molecule has 0 bridgehead atoms. The lowest BCUT2D eigenvalue weighted by Gasteiger charge is -2.31. The van der Waals surface area contributed by atoms with Crippen molar-refractivity contribution < 1.29 is 9.53 Å². The molecular weight excluding hydrogens is 382 g/mol. The highest BCUT2D eigenvalue weighted by molar-refractivity contribution is 5.99. The Hall–Kier alpha value is -3.49. The summed E-state index contributed by atoms with van der Waals surface area (Å²) < 4.78 is 5.83. The smallest absolute Gasteiger partial charge is 0.255 e. The minimum atomic E-state index is 0.0220. The molecule has 2 N–H and O–H groups in total. The van der Waals surface area contributed by atoms with Gasteiger partial charge >= 0.3 is 0 Å². The van der Waals surface area contributed by atoms with Crippen LogP contribution in [0.2, 0.25) is 0 Å². The zero-order valence-electron chi connectivity index (χ0n) is 17.0. The van der Waals surface area contributed by atoms with Crippen LogP contribution >= 0.6 is 0 Å². The van der Waals surface area contributed by atoms with Crippen molar-refractivity contribution in [3.63, 3.8) is 0 Å². The number of hydrogen-bond donors (Lipinski definition) is 1. The molecule has 9 nitrogen and oxygen atoms in total. The fourth-order valence-corrected chi connectivity index (χ4v) is 3.79. The number of carbonyl (C=O) groups excluding carboxylic acids is 1. The molecule has 9 heteroatoms. The molecule has 0 spiro atoms. The van der Waals surface area contributed by atoms with E-state index >= 15 is 0 Å². The Kier molecular flexibility index (Phi) is 5.87. The Morgan fingerprint density at radius 1 is 1.10 bits per heavy atom. The fourth-order valence-electron chi connectivity index (χ4n) is 3.79. The number of fused-ring (bicyclic) bond motifs is 1. The van der Waals surface area contributed by atoms with Crippen molar-refractivity contribution in [2.75, 3.05) is 38.2 Å². The number of hydrogen-bond acceptors (Lipinski definition) is 7. The van der Waals surface area contributed by atoms with E-state index < -0.39 is 0 Å². The van der Waals surface area contributed by atoms with Gasteiger partial charge in [0.1, 0.15) is 6.61 Å². The maximum Gasteiger partial charge on any atom is 0.255 e. The number of carbonyl (C=O) groups is 1. The minimum absolute atomic E-state index is 0.0220. The molecule has 1 fully saturated rings. The number of nitrogens with two attached hydrogens (primary N) is 1. The van der Waals surface area contributed by atoms with Gasteiger partial charge in [-0.1, -0.05) is 0 Å². The van der Waals surface area contributed by atoms with E-state index in [1.165, 1.54) is 6.42 Å². The maximum atomic E-state index is 12.8. The topological polar surface area (TPSA) is 109 Å². The lowest BCUT2D eigenvalue weighted by atomic mass is 10.1. The molecule has 0 saturated carbocycles. The zero-order valence-corrected chi connectivity index (χ0v) is 17.0. The van der Waals surface area contributed by atoms with Crippen molar-refractivity contribution in [3.8, 4) is 5.75 Å². The highest BCUT2D eigenvalue weighted by atomic mass is 16.5. The SMILES string of the molecule is CN=NC(=NN)c1ccc(N2CCOc3cc(C(=O)N4CCCCC4)cnc32)cc1. The second kappa shape index (κ2) is 8.89. The van der Waals surface area contributed by atoms with E-state index in [2.05, 4.69) is 25.2 Å². The number of nitrogens with zero attached hydrogens (tertiary/aromatic N) is 6. The summed E-state index contributed by atoms with van der Waals surface area (Å²) in [4.78, 5) is 21.3. The summed E-state index contributed by atoms with van der Waals surface area (Å²) in [5.74, 6) is 7.10. The third kappa shape index (κ3) is 3.96. The lowest BCUT2D eigenvalue weighted by Crippen LogP contribution is -2.36. The number of amides is 1. The highest BCUT2D eigenvalue weighted by Crippen LogP contribution is 2.35. The van der Waals surface area contributed by atoms with E-state index in [9.17, 15) is 4.79 Å². The molecule has 2 aromatic rings. The van der Waals surface area contributed by atoms with Gasteiger partial charge in [-0.05, 0) is 49.6 Å². The monoisotopic (exact) mass is 407 g/mol. The van der Waals surface area contributed by atoms with Crippen molar-refractivity contribution in [2.45, 2.75) is 19.3 Å². The Morgan fingerprint density at radius 3 is 2.57 bits per heavy atom. The van der Waals surface area contributed by atoms with Gasteiger partial charge in [0.2, 0.25) is 0 Å². The first-order chi connectivity index (χ1) is 14.7. The van der Waals surface area contributed by atoms with Crippen LogP contribution in [0.15, 0.2) is 51.9 Å². The van der Waals surface area contributed by atoms with Crippen molar-refractivity contribution in [1.29, 1.82) is 0 Å². The molecule has 0 aliphatic carbocycles. The molecule has 156 valence electrons. The summed E-state index contributed by atoms with van der Waals surface area (Å²) in [5.41, 5.74) is 2.30. The lowest BCUT2D eigenvalue weighted by molar-refractivity contribution is 0.0723. The summed E-state index contributed by atoms with van der Waals surface area (Å²) >= 11 is 0. The van der Waals surface area contributed by atoms with Crippen LogP contribution in [0.3, 0.4) is 0 Å². The van der Waals surface area contributed by atoms with Gasteiger partial charge in [-0.2, -0.15) is 10.2 Å². The second-order valence-corrected chi connectivity index (χ2v) is 7.20. The van der Waals surface area contributed by atoms with Crippen LogP contribution in [0, 0.1) is 0 Å². The predicted molar refractivity (Wildman–Crippen MR) is 114 cm³/mol. The molecule has 1 amide bonds. The Balaban J connectivity index is 1.57. The summed E-state index contributed by atoms with van der Waals surface area (Å²) in [7, 11) is 1.57. The van der Waals surface area contributed by atoms with Crippen molar-refractivity contribution in [1.82, 2.24) is 9.88 Å². The molecule has 0 radical (unpaired) electrons. The summed E-state index contributed by atoms with van der Waals surface area (Å²) in [6.07, 6.45) is 4.94. The average molecular weight is 407 g/mol. The zero-order chi connectivity index (χ0) is 20.9. The van der Waals surface area contributed by atoms with Gasteiger partial charge in [0.25, 0.3) is 5.91 Å². The van der Waals surface area contributed by atoms with Crippen LogP contribution in [0.1, 0.15) is 35.2 Å². The van der Waals surface area contributed by atoms with Gasteiger partial charge in [0.15, 0.2) is 17.4 Å². The van der Waals surface area contributed by atoms with Gasteiger partial charge in [0.05, 0.1) is 12.1 Å². The molecule has 3 heterocycles. The second-order valence-electron chi connectivity index (χ2n) is 7.20. The first-order valence-corrected chi connectivity index (χ1v) is 10.1. The van der Waals surface area contributed by atoms with E-state index in [1.807, 2.05) is 29.2 Å². The van der Waals surface area contributed by atoms with Crippen LogP contribution in [-0.2, 0) is 0 Å². The molecule has 0 atom stereocenters. The van der Waals surface area contributed by atoms with Crippen molar-refractivity contribution in [3.05, 3.63) is 47.7 Å². The van der Waals surface area contributed by atoms with E-state index in [0.717, 1.165) is 37.2 Å². The number of hydrazone groups is 1. The molecule has 0 unspecified atom stereocenters.